The Labute approximate surface area is 119 Å². The molecule has 1 aromatic heterocycles. The number of aromatic nitrogens is 1. The van der Waals surface area contributed by atoms with E-state index in [1.54, 1.807) is 0 Å². The molecule has 2 aromatic rings. The lowest BCUT2D eigenvalue weighted by Crippen LogP contribution is -2.16. The van der Waals surface area contributed by atoms with Crippen molar-refractivity contribution in [2.24, 2.45) is 0 Å². The number of halogens is 1. The van der Waals surface area contributed by atoms with E-state index in [4.69, 9.17) is 9.63 Å². The first-order valence-corrected chi connectivity index (χ1v) is 7.19. The third-order valence-electron chi connectivity index (χ3n) is 2.74. The van der Waals surface area contributed by atoms with Crippen LogP contribution in [0.5, 0.6) is 0 Å². The minimum Gasteiger partial charge on any atom is -0.478 e. The Morgan fingerprint density at radius 3 is 2.52 bits per heavy atom. The summed E-state index contributed by atoms with van der Waals surface area (Å²) >= 11 is 0. The maximum Gasteiger partial charge on any atom is 0.335 e. The van der Waals surface area contributed by atoms with Gasteiger partial charge in [0.05, 0.1) is 5.56 Å². The summed E-state index contributed by atoms with van der Waals surface area (Å²) in [5, 5.41) is 12.3. The summed E-state index contributed by atoms with van der Waals surface area (Å²) in [7, 11) is -4.22. The molecule has 0 aliphatic carbocycles. The molecule has 0 saturated heterocycles. The number of rotatable bonds is 4. The number of benzene rings is 1. The first-order valence-electron chi connectivity index (χ1n) is 5.71. The van der Waals surface area contributed by atoms with Crippen molar-refractivity contribution >= 4 is 21.7 Å². The van der Waals surface area contributed by atoms with Crippen LogP contribution >= 0.6 is 0 Å². The molecule has 0 fully saturated rings. The van der Waals surface area contributed by atoms with Crippen LogP contribution in [0, 0.1) is 19.7 Å². The maximum atomic E-state index is 13.8. The monoisotopic (exact) mass is 314 g/mol. The highest BCUT2D eigenvalue weighted by atomic mass is 32.2. The summed E-state index contributed by atoms with van der Waals surface area (Å²) in [6.45, 7) is 3.03. The highest BCUT2D eigenvalue weighted by molar-refractivity contribution is 7.92. The lowest BCUT2D eigenvalue weighted by atomic mass is 10.2. The summed E-state index contributed by atoms with van der Waals surface area (Å²) in [5.74, 6) is -2.27. The average molecular weight is 314 g/mol. The molecule has 0 unspecified atom stereocenters. The largest absolute Gasteiger partial charge is 0.478 e. The molecule has 2 rings (SSSR count). The molecule has 0 saturated carbocycles. The summed E-state index contributed by atoms with van der Waals surface area (Å²) in [5.41, 5.74) is 0.0825. The number of carboxylic acids is 1. The van der Waals surface area contributed by atoms with Gasteiger partial charge in [-0.1, -0.05) is 5.16 Å². The predicted molar refractivity (Wildman–Crippen MR) is 70.1 cm³/mol. The van der Waals surface area contributed by atoms with Crippen molar-refractivity contribution in [3.63, 3.8) is 0 Å². The third-order valence-corrected chi connectivity index (χ3v) is 4.12. The van der Waals surface area contributed by atoms with E-state index in [-0.39, 0.29) is 17.0 Å². The minimum atomic E-state index is -4.22. The standard InChI is InChI=1S/C12H11FN2O5S/c1-6-11(7(2)20-14-6)15-21(18,19)10-4-3-8(12(16)17)5-9(10)13/h3-5,15H,1-2H3,(H,16,17). The fraction of sp³-hybridized carbons (Fsp3) is 0.167. The van der Waals surface area contributed by atoms with Crippen LogP contribution in [0.4, 0.5) is 10.1 Å². The second kappa shape index (κ2) is 5.17. The van der Waals surface area contributed by atoms with Crippen LogP contribution in [0.3, 0.4) is 0 Å². The Kier molecular flexibility index (Phi) is 3.69. The molecule has 0 amide bonds. The van der Waals surface area contributed by atoms with Gasteiger partial charge in [-0.25, -0.2) is 17.6 Å². The number of nitrogens with zero attached hydrogens (tertiary/aromatic N) is 1. The van der Waals surface area contributed by atoms with E-state index < -0.39 is 26.7 Å². The van der Waals surface area contributed by atoms with E-state index in [1.807, 2.05) is 0 Å². The molecule has 112 valence electrons. The Morgan fingerprint density at radius 1 is 1.38 bits per heavy atom. The molecule has 0 bridgehead atoms. The van der Waals surface area contributed by atoms with Crippen molar-refractivity contribution in [3.8, 4) is 0 Å². The second-order valence-electron chi connectivity index (χ2n) is 4.26. The van der Waals surface area contributed by atoms with Crippen molar-refractivity contribution in [3.05, 3.63) is 41.0 Å². The van der Waals surface area contributed by atoms with Crippen LogP contribution in [0.25, 0.3) is 0 Å². The molecule has 21 heavy (non-hydrogen) atoms. The first-order chi connectivity index (χ1) is 9.72. The number of carboxylic acid groups (broad SMARTS) is 1. The van der Waals surface area contributed by atoms with Gasteiger partial charge in [0.1, 0.15) is 22.1 Å². The molecule has 7 nitrogen and oxygen atoms in total. The number of hydrogen-bond acceptors (Lipinski definition) is 5. The van der Waals surface area contributed by atoms with Crippen molar-refractivity contribution in [2.45, 2.75) is 18.7 Å². The zero-order valence-corrected chi connectivity index (χ0v) is 11.9. The molecular weight excluding hydrogens is 303 g/mol. The van der Waals surface area contributed by atoms with Crippen molar-refractivity contribution in [1.29, 1.82) is 0 Å². The molecule has 2 N–H and O–H groups in total. The third kappa shape index (κ3) is 2.87. The normalized spacial score (nSPS) is 11.4. The Morgan fingerprint density at radius 2 is 2.05 bits per heavy atom. The smallest absolute Gasteiger partial charge is 0.335 e. The number of anilines is 1. The van der Waals surface area contributed by atoms with Crippen LogP contribution < -0.4 is 4.72 Å². The highest BCUT2D eigenvalue weighted by Crippen LogP contribution is 2.24. The van der Waals surface area contributed by atoms with Gasteiger partial charge in [0, 0.05) is 0 Å². The molecule has 0 aliphatic rings. The highest BCUT2D eigenvalue weighted by Gasteiger charge is 2.23. The number of sulfonamides is 1. The predicted octanol–water partition coefficient (Wildman–Crippen LogP) is 1.93. The van der Waals surface area contributed by atoms with E-state index in [2.05, 4.69) is 9.88 Å². The molecule has 1 heterocycles. The molecule has 0 atom stereocenters. The van der Waals surface area contributed by atoms with Crippen LogP contribution in [-0.2, 0) is 10.0 Å². The van der Waals surface area contributed by atoms with Crippen LogP contribution in [0.1, 0.15) is 21.8 Å². The van der Waals surface area contributed by atoms with Gasteiger partial charge >= 0.3 is 5.97 Å². The van der Waals surface area contributed by atoms with Gasteiger partial charge in [-0.05, 0) is 32.0 Å². The summed E-state index contributed by atoms with van der Waals surface area (Å²) in [6.07, 6.45) is 0. The fourth-order valence-electron chi connectivity index (χ4n) is 1.67. The lowest BCUT2D eigenvalue weighted by molar-refractivity contribution is 0.0696. The fourth-order valence-corrected chi connectivity index (χ4v) is 2.90. The van der Waals surface area contributed by atoms with Gasteiger partial charge in [-0.15, -0.1) is 0 Å². The topological polar surface area (TPSA) is 110 Å². The first kappa shape index (κ1) is 15.0. The molecule has 0 radical (unpaired) electrons. The number of nitrogens with one attached hydrogen (secondary N) is 1. The lowest BCUT2D eigenvalue weighted by Gasteiger charge is -2.08. The van der Waals surface area contributed by atoms with Crippen molar-refractivity contribution in [2.75, 3.05) is 4.72 Å². The SMILES string of the molecule is Cc1noc(C)c1NS(=O)(=O)c1ccc(C(=O)O)cc1F. The number of hydrogen-bond donors (Lipinski definition) is 2. The zero-order valence-electron chi connectivity index (χ0n) is 11.0. The Balaban J connectivity index is 2.43. The quantitative estimate of drug-likeness (QED) is 0.892. The van der Waals surface area contributed by atoms with E-state index in [1.165, 1.54) is 13.8 Å². The molecule has 0 aliphatic heterocycles. The number of carbonyl (C=O) groups is 1. The Hall–Kier alpha value is -2.42. The van der Waals surface area contributed by atoms with E-state index >= 15 is 0 Å². The number of aryl methyl sites for hydroxylation is 2. The van der Waals surface area contributed by atoms with Gasteiger partial charge in [0.2, 0.25) is 0 Å². The van der Waals surface area contributed by atoms with Gasteiger partial charge < -0.3 is 9.63 Å². The minimum absolute atomic E-state index is 0.122. The van der Waals surface area contributed by atoms with Crippen LogP contribution in [0.15, 0.2) is 27.6 Å². The molecule has 9 heteroatoms. The second-order valence-corrected chi connectivity index (χ2v) is 5.91. The zero-order chi connectivity index (χ0) is 15.8. The van der Waals surface area contributed by atoms with Gasteiger partial charge in [0.15, 0.2) is 5.76 Å². The summed E-state index contributed by atoms with van der Waals surface area (Å²) in [6, 6.07) is 2.54. The van der Waals surface area contributed by atoms with Crippen molar-refractivity contribution in [1.82, 2.24) is 5.16 Å². The number of aromatic carboxylic acids is 1. The van der Waals surface area contributed by atoms with Crippen molar-refractivity contribution < 1.29 is 27.2 Å². The van der Waals surface area contributed by atoms with Crippen LogP contribution in [0.2, 0.25) is 0 Å². The summed E-state index contributed by atoms with van der Waals surface area (Å²) < 4.78 is 45.1. The molecule has 0 spiro atoms. The van der Waals surface area contributed by atoms with Gasteiger partial charge in [0.25, 0.3) is 10.0 Å². The Bertz CT molecular complexity index is 794. The molecular formula is C12H11FN2O5S. The van der Waals surface area contributed by atoms with E-state index in [0.29, 0.717) is 11.8 Å². The maximum absolute atomic E-state index is 13.8. The van der Waals surface area contributed by atoms with Gasteiger partial charge in [-0.2, -0.15) is 0 Å². The van der Waals surface area contributed by atoms with Crippen LogP contribution in [-0.4, -0.2) is 24.7 Å². The average Bonchev–Trinajstić information content (AvgIpc) is 2.69. The van der Waals surface area contributed by atoms with E-state index in [0.717, 1.165) is 12.1 Å². The molecule has 1 aromatic carbocycles. The van der Waals surface area contributed by atoms with Gasteiger partial charge in [-0.3, -0.25) is 4.72 Å². The van der Waals surface area contributed by atoms with E-state index in [9.17, 15) is 17.6 Å². The summed E-state index contributed by atoms with van der Waals surface area (Å²) in [4.78, 5) is 10.0.